The van der Waals surface area contributed by atoms with Gasteiger partial charge in [-0.3, -0.25) is 4.79 Å². The van der Waals surface area contributed by atoms with E-state index in [-0.39, 0.29) is 24.0 Å². The molecule has 0 aromatic rings. The monoisotopic (exact) mass is 318 g/mol. The molecular weight excluding hydrogens is 292 g/mol. The maximum Gasteiger partial charge on any atom is 0.331 e. The third kappa shape index (κ3) is 2.21. The number of rotatable bonds is 2. The second-order valence-corrected chi connectivity index (χ2v) is 8.57. The Balaban J connectivity index is 1.52. The van der Waals surface area contributed by atoms with Gasteiger partial charge in [-0.05, 0) is 42.1 Å². The van der Waals surface area contributed by atoms with Gasteiger partial charge in [0.25, 0.3) is 0 Å². The SMILES string of the molecule is C[C@@H]1[C@@H](O[C@H]2CC(=O)CC[C@@]23C=CC(=O)O3)C[C@@H]2C[C@H]1C2(C)C. The molecule has 0 radical (unpaired) electrons. The molecule has 6 atom stereocenters. The van der Waals surface area contributed by atoms with E-state index < -0.39 is 5.60 Å². The molecule has 0 aromatic carbocycles. The standard InChI is InChI=1S/C19H26O4/c1-11-14-8-12(18(14,2)3)9-15(11)22-16-10-13(20)4-6-19(16)7-5-17(21)23-19/h5,7,11-12,14-16H,4,6,8-10H2,1-3H3/t11-,12-,14+,15-,16-,19+/m0/s1. The van der Waals surface area contributed by atoms with E-state index in [0.29, 0.717) is 42.4 Å². The highest BCUT2D eigenvalue weighted by Gasteiger charge is 2.58. The van der Waals surface area contributed by atoms with Crippen LogP contribution >= 0.6 is 0 Å². The fourth-order valence-corrected chi connectivity index (χ4v) is 5.41. The average molecular weight is 318 g/mol. The highest BCUT2D eigenvalue weighted by molar-refractivity contribution is 5.87. The molecule has 2 bridgehead atoms. The Hall–Kier alpha value is -1.16. The maximum absolute atomic E-state index is 11.9. The van der Waals surface area contributed by atoms with Crippen molar-refractivity contribution in [3.05, 3.63) is 12.2 Å². The molecule has 5 aliphatic rings. The Morgan fingerprint density at radius 3 is 2.65 bits per heavy atom. The topological polar surface area (TPSA) is 52.6 Å². The number of fused-ring (bicyclic) bond motifs is 2. The Kier molecular flexibility index (Phi) is 3.29. The van der Waals surface area contributed by atoms with E-state index >= 15 is 0 Å². The molecule has 4 aliphatic carbocycles. The lowest BCUT2D eigenvalue weighted by Crippen LogP contribution is -2.59. The second-order valence-electron chi connectivity index (χ2n) is 8.57. The van der Waals surface area contributed by atoms with Crippen LogP contribution in [0.3, 0.4) is 0 Å². The summed E-state index contributed by atoms with van der Waals surface area (Å²) in [4.78, 5) is 23.5. The number of ether oxygens (including phenoxy) is 2. The van der Waals surface area contributed by atoms with Gasteiger partial charge in [0, 0.05) is 25.3 Å². The van der Waals surface area contributed by atoms with Gasteiger partial charge in [-0.2, -0.15) is 0 Å². The van der Waals surface area contributed by atoms with Crippen LogP contribution in [0, 0.1) is 23.2 Å². The summed E-state index contributed by atoms with van der Waals surface area (Å²) in [5.74, 6) is 1.80. The van der Waals surface area contributed by atoms with Gasteiger partial charge in [0.15, 0.2) is 5.60 Å². The van der Waals surface area contributed by atoms with Crippen LogP contribution < -0.4 is 0 Å². The molecule has 4 fully saturated rings. The van der Waals surface area contributed by atoms with Crippen LogP contribution in [0.25, 0.3) is 0 Å². The van der Waals surface area contributed by atoms with Crippen molar-refractivity contribution >= 4 is 11.8 Å². The summed E-state index contributed by atoms with van der Waals surface area (Å²) < 4.78 is 12.0. The fourth-order valence-electron chi connectivity index (χ4n) is 5.41. The number of carbonyl (C=O) groups is 2. The van der Waals surface area contributed by atoms with Crippen LogP contribution in [-0.4, -0.2) is 29.6 Å². The lowest BCUT2D eigenvalue weighted by atomic mass is 9.45. The van der Waals surface area contributed by atoms with E-state index in [1.807, 2.05) is 6.08 Å². The van der Waals surface area contributed by atoms with Gasteiger partial charge in [0.1, 0.15) is 11.9 Å². The maximum atomic E-state index is 11.9. The molecule has 0 N–H and O–H groups in total. The van der Waals surface area contributed by atoms with Crippen LogP contribution in [0.1, 0.15) is 52.9 Å². The first-order valence-corrected chi connectivity index (χ1v) is 8.91. The molecule has 0 amide bonds. The van der Waals surface area contributed by atoms with Crippen LogP contribution in [0.2, 0.25) is 0 Å². The number of Topliss-reactive ketones (excluding diaryl/α,β-unsaturated/α-hetero) is 1. The quantitative estimate of drug-likeness (QED) is 0.734. The molecule has 0 aromatic heterocycles. The van der Waals surface area contributed by atoms with Crippen molar-refractivity contribution in [1.82, 2.24) is 0 Å². The third-order valence-electron chi connectivity index (χ3n) is 7.17. The summed E-state index contributed by atoms with van der Waals surface area (Å²) in [6, 6.07) is 0. The predicted octanol–water partition coefficient (Wildman–Crippen LogP) is 3.05. The lowest BCUT2D eigenvalue weighted by molar-refractivity contribution is -0.216. The van der Waals surface area contributed by atoms with Gasteiger partial charge < -0.3 is 9.47 Å². The summed E-state index contributed by atoms with van der Waals surface area (Å²) in [5, 5.41) is 0. The number of ketones is 1. The zero-order valence-corrected chi connectivity index (χ0v) is 14.2. The molecule has 1 aliphatic heterocycles. The average Bonchev–Trinajstić information content (AvgIpc) is 2.87. The highest BCUT2D eigenvalue weighted by atomic mass is 16.6. The van der Waals surface area contributed by atoms with Crippen molar-refractivity contribution < 1.29 is 19.1 Å². The minimum Gasteiger partial charge on any atom is -0.449 e. The predicted molar refractivity (Wildman–Crippen MR) is 84.6 cm³/mol. The van der Waals surface area contributed by atoms with E-state index in [9.17, 15) is 9.59 Å². The van der Waals surface area contributed by atoms with Crippen molar-refractivity contribution in [2.24, 2.45) is 23.2 Å². The molecule has 0 saturated heterocycles. The molecule has 126 valence electrons. The molecular formula is C19H26O4. The summed E-state index contributed by atoms with van der Waals surface area (Å²) in [6.07, 6.45) is 6.91. The minimum absolute atomic E-state index is 0.173. The zero-order valence-electron chi connectivity index (χ0n) is 14.2. The fraction of sp³-hybridized carbons (Fsp3) is 0.789. The van der Waals surface area contributed by atoms with Gasteiger partial charge in [-0.15, -0.1) is 0 Å². The third-order valence-corrected chi connectivity index (χ3v) is 7.17. The minimum atomic E-state index is -0.706. The summed E-state index contributed by atoms with van der Waals surface area (Å²) in [5.41, 5.74) is -0.291. The highest BCUT2D eigenvalue weighted by Crippen LogP contribution is 2.62. The summed E-state index contributed by atoms with van der Waals surface area (Å²) >= 11 is 0. The van der Waals surface area contributed by atoms with Crippen LogP contribution in [0.4, 0.5) is 0 Å². The van der Waals surface area contributed by atoms with Gasteiger partial charge in [0.2, 0.25) is 0 Å². The first kappa shape index (κ1) is 15.4. The number of carbonyl (C=O) groups excluding carboxylic acids is 2. The normalized spacial score (nSPS) is 47.5. The number of hydrogen-bond acceptors (Lipinski definition) is 4. The van der Waals surface area contributed by atoms with Gasteiger partial charge in [-0.1, -0.05) is 20.8 Å². The smallest absolute Gasteiger partial charge is 0.331 e. The first-order chi connectivity index (χ1) is 10.8. The van der Waals surface area contributed by atoms with Gasteiger partial charge in [0.05, 0.1) is 6.10 Å². The largest absolute Gasteiger partial charge is 0.449 e. The van der Waals surface area contributed by atoms with Crippen molar-refractivity contribution in [2.45, 2.75) is 70.7 Å². The number of esters is 1. The van der Waals surface area contributed by atoms with Crippen LogP contribution in [0.15, 0.2) is 12.2 Å². The Morgan fingerprint density at radius 2 is 2.04 bits per heavy atom. The summed E-state index contributed by atoms with van der Waals surface area (Å²) in [6.45, 7) is 7.01. The summed E-state index contributed by atoms with van der Waals surface area (Å²) in [7, 11) is 0. The van der Waals surface area contributed by atoms with Gasteiger partial charge >= 0.3 is 5.97 Å². The Bertz CT molecular complexity index is 578. The number of hydrogen-bond donors (Lipinski definition) is 0. The Labute approximate surface area is 137 Å². The molecule has 5 rings (SSSR count). The van der Waals surface area contributed by atoms with E-state index in [0.717, 1.165) is 6.42 Å². The van der Waals surface area contributed by atoms with Gasteiger partial charge in [-0.25, -0.2) is 4.79 Å². The van der Waals surface area contributed by atoms with Crippen LogP contribution in [-0.2, 0) is 19.1 Å². The molecule has 4 nitrogen and oxygen atoms in total. The van der Waals surface area contributed by atoms with Crippen molar-refractivity contribution in [1.29, 1.82) is 0 Å². The van der Waals surface area contributed by atoms with E-state index in [2.05, 4.69) is 20.8 Å². The van der Waals surface area contributed by atoms with Crippen LogP contribution in [0.5, 0.6) is 0 Å². The molecule has 0 unspecified atom stereocenters. The zero-order chi connectivity index (χ0) is 16.4. The molecule has 4 heteroatoms. The van der Waals surface area contributed by atoms with E-state index in [4.69, 9.17) is 9.47 Å². The van der Waals surface area contributed by atoms with E-state index in [1.165, 1.54) is 12.5 Å². The Morgan fingerprint density at radius 1 is 1.26 bits per heavy atom. The van der Waals surface area contributed by atoms with Crippen molar-refractivity contribution in [2.75, 3.05) is 0 Å². The molecule has 4 saturated carbocycles. The first-order valence-electron chi connectivity index (χ1n) is 8.91. The molecule has 1 heterocycles. The van der Waals surface area contributed by atoms with Crippen molar-refractivity contribution in [3.63, 3.8) is 0 Å². The van der Waals surface area contributed by atoms with Crippen molar-refractivity contribution in [3.8, 4) is 0 Å². The molecule has 23 heavy (non-hydrogen) atoms. The second kappa shape index (κ2) is 4.92. The lowest BCUT2D eigenvalue weighted by Gasteiger charge is -2.62. The van der Waals surface area contributed by atoms with E-state index in [1.54, 1.807) is 0 Å². The molecule has 1 spiro atoms.